The average Bonchev–Trinajstić information content (AvgIpc) is 2.93. The van der Waals surface area contributed by atoms with Crippen molar-refractivity contribution >= 4 is 22.7 Å². The van der Waals surface area contributed by atoms with Crippen LogP contribution in [0.25, 0.3) is 11.0 Å². The number of aryl methyl sites for hydroxylation is 2. The number of rotatable bonds is 4. The Morgan fingerprint density at radius 2 is 1.88 bits per heavy atom. The molecule has 25 heavy (non-hydrogen) atoms. The summed E-state index contributed by atoms with van der Waals surface area (Å²) < 4.78 is 15.0. The Morgan fingerprint density at radius 1 is 1.20 bits per heavy atom. The predicted octanol–water partition coefficient (Wildman–Crippen LogP) is 3.66. The number of amides is 1. The van der Waals surface area contributed by atoms with E-state index in [4.69, 9.17) is 0 Å². The lowest BCUT2D eigenvalue weighted by Crippen LogP contribution is -2.19. The zero-order chi connectivity index (χ0) is 18.0. The molecule has 0 aliphatic rings. The Hall–Kier alpha value is -3.02. The Balaban J connectivity index is 1.80. The van der Waals surface area contributed by atoms with E-state index in [1.165, 1.54) is 12.1 Å². The van der Waals surface area contributed by atoms with Crippen LogP contribution in [-0.4, -0.2) is 21.2 Å². The Labute approximate surface area is 145 Å². The third kappa shape index (κ3) is 3.42. The number of aromatic nitrogens is 2. The third-order valence-corrected chi connectivity index (χ3v) is 4.10. The fraction of sp³-hybridized carbons (Fsp3) is 0.211. The maximum atomic E-state index is 13.0. The lowest BCUT2D eigenvalue weighted by atomic mass is 10.1. The van der Waals surface area contributed by atoms with E-state index >= 15 is 0 Å². The largest absolute Gasteiger partial charge is 0.329 e. The molecule has 3 rings (SSSR count). The van der Waals surface area contributed by atoms with E-state index in [-0.39, 0.29) is 11.7 Å². The van der Waals surface area contributed by atoms with Crippen LogP contribution >= 0.6 is 0 Å². The highest BCUT2D eigenvalue weighted by molar-refractivity contribution is 6.01. The first kappa shape index (κ1) is 16.8. The molecule has 2 aromatic carbocycles. The quantitative estimate of drug-likeness (QED) is 0.583. The normalized spacial score (nSPS) is 11.8. The molecule has 0 aliphatic heterocycles. The molecule has 1 N–H and O–H groups in total. The minimum atomic E-state index is -0.313. The van der Waals surface area contributed by atoms with Crippen LogP contribution in [0.4, 0.5) is 4.39 Å². The monoisotopic (exact) mass is 338 g/mol. The number of nitrogens with one attached hydrogen (secondary N) is 1. The summed E-state index contributed by atoms with van der Waals surface area (Å²) in [5.74, 6) is 0.294. The molecule has 128 valence electrons. The van der Waals surface area contributed by atoms with Crippen molar-refractivity contribution in [3.05, 3.63) is 65.2 Å². The number of nitrogens with zero attached hydrogens (tertiary/aromatic N) is 3. The molecule has 0 saturated carbocycles. The molecule has 6 heteroatoms. The van der Waals surface area contributed by atoms with Crippen LogP contribution in [0.5, 0.6) is 0 Å². The molecular weight excluding hydrogens is 319 g/mol. The zero-order valence-electron chi connectivity index (χ0n) is 14.4. The molecule has 3 aromatic rings. The highest BCUT2D eigenvalue weighted by Crippen LogP contribution is 2.17. The van der Waals surface area contributed by atoms with Crippen LogP contribution in [0, 0.1) is 12.7 Å². The zero-order valence-corrected chi connectivity index (χ0v) is 14.4. The minimum absolute atomic E-state index is 0.310. The maximum absolute atomic E-state index is 13.0. The van der Waals surface area contributed by atoms with Crippen molar-refractivity contribution in [3.63, 3.8) is 0 Å². The van der Waals surface area contributed by atoms with Crippen molar-refractivity contribution < 1.29 is 9.18 Å². The summed E-state index contributed by atoms with van der Waals surface area (Å²) in [4.78, 5) is 16.8. The number of carbonyl (C=O) groups excluding carboxylic acids is 1. The fourth-order valence-electron chi connectivity index (χ4n) is 2.75. The Bertz CT molecular complexity index is 957. The van der Waals surface area contributed by atoms with Crippen LogP contribution in [0.3, 0.4) is 0 Å². The molecule has 0 bridgehead atoms. The van der Waals surface area contributed by atoms with E-state index in [2.05, 4.69) is 27.0 Å². The van der Waals surface area contributed by atoms with Crippen molar-refractivity contribution in [1.82, 2.24) is 15.0 Å². The highest BCUT2D eigenvalue weighted by atomic mass is 19.1. The average molecular weight is 338 g/mol. The molecule has 0 aliphatic carbocycles. The lowest BCUT2D eigenvalue weighted by molar-refractivity contribution is 0.0955. The van der Waals surface area contributed by atoms with Gasteiger partial charge in [0, 0.05) is 12.1 Å². The van der Waals surface area contributed by atoms with Crippen LogP contribution in [0.2, 0.25) is 0 Å². The molecular formula is C19H19FN4O. The van der Waals surface area contributed by atoms with Crippen LogP contribution in [-0.2, 0) is 6.54 Å². The summed E-state index contributed by atoms with van der Waals surface area (Å²) in [6.45, 7) is 6.58. The number of hydrogen-bond donors (Lipinski definition) is 1. The van der Waals surface area contributed by atoms with E-state index in [0.717, 1.165) is 29.0 Å². The van der Waals surface area contributed by atoms with Gasteiger partial charge >= 0.3 is 0 Å². The summed E-state index contributed by atoms with van der Waals surface area (Å²) in [6.07, 6.45) is 0. The highest BCUT2D eigenvalue weighted by Gasteiger charge is 2.10. The molecule has 1 amide bonds. The molecule has 1 aromatic heterocycles. The SMILES string of the molecule is CCn1c(C)nc2cc(C(=O)NN=C(C)c3ccc(F)cc3)ccc21. The van der Waals surface area contributed by atoms with Crippen LogP contribution < -0.4 is 5.43 Å². The van der Waals surface area contributed by atoms with Gasteiger partial charge in [-0.05, 0) is 56.7 Å². The van der Waals surface area contributed by atoms with Gasteiger partial charge in [-0.15, -0.1) is 0 Å². The second-order valence-corrected chi connectivity index (χ2v) is 5.75. The molecule has 0 saturated heterocycles. The van der Waals surface area contributed by atoms with Crippen LogP contribution in [0.15, 0.2) is 47.6 Å². The maximum Gasteiger partial charge on any atom is 0.271 e. The summed E-state index contributed by atoms with van der Waals surface area (Å²) in [5, 5.41) is 4.09. The molecule has 0 radical (unpaired) electrons. The summed E-state index contributed by atoms with van der Waals surface area (Å²) in [6, 6.07) is 11.4. The van der Waals surface area contributed by atoms with Gasteiger partial charge in [-0.3, -0.25) is 4.79 Å². The first-order chi connectivity index (χ1) is 12.0. The second kappa shape index (κ2) is 6.84. The van der Waals surface area contributed by atoms with E-state index < -0.39 is 0 Å². The first-order valence-corrected chi connectivity index (χ1v) is 8.07. The lowest BCUT2D eigenvalue weighted by Gasteiger charge is -2.04. The summed E-state index contributed by atoms with van der Waals surface area (Å²) >= 11 is 0. The molecule has 0 fully saturated rings. The Kier molecular flexibility index (Phi) is 4.61. The van der Waals surface area contributed by atoms with E-state index in [0.29, 0.717) is 11.3 Å². The summed E-state index contributed by atoms with van der Waals surface area (Å²) in [5.41, 5.74) is 6.15. The number of carbonyl (C=O) groups is 1. The Morgan fingerprint density at radius 3 is 2.56 bits per heavy atom. The van der Waals surface area contributed by atoms with Crippen molar-refractivity contribution in [1.29, 1.82) is 0 Å². The van der Waals surface area contributed by atoms with E-state index in [9.17, 15) is 9.18 Å². The number of imidazole rings is 1. The van der Waals surface area contributed by atoms with Gasteiger partial charge in [0.15, 0.2) is 0 Å². The van der Waals surface area contributed by atoms with Gasteiger partial charge in [0.2, 0.25) is 0 Å². The van der Waals surface area contributed by atoms with Gasteiger partial charge < -0.3 is 4.57 Å². The second-order valence-electron chi connectivity index (χ2n) is 5.75. The predicted molar refractivity (Wildman–Crippen MR) is 96.2 cm³/mol. The van der Waals surface area contributed by atoms with Crippen molar-refractivity contribution in [2.75, 3.05) is 0 Å². The molecule has 0 unspecified atom stereocenters. The van der Waals surface area contributed by atoms with Gasteiger partial charge in [0.1, 0.15) is 11.6 Å². The summed E-state index contributed by atoms with van der Waals surface area (Å²) in [7, 11) is 0. The standard InChI is InChI=1S/C19H19FN4O/c1-4-24-13(3)21-17-11-15(7-10-18(17)24)19(25)23-22-12(2)14-5-8-16(20)9-6-14/h5-11H,4H2,1-3H3,(H,23,25). The topological polar surface area (TPSA) is 59.3 Å². The molecule has 1 heterocycles. The van der Waals surface area contributed by atoms with Crippen molar-refractivity contribution in [2.45, 2.75) is 27.3 Å². The fourth-order valence-corrected chi connectivity index (χ4v) is 2.75. The van der Waals surface area contributed by atoms with Gasteiger partial charge in [0.05, 0.1) is 16.7 Å². The number of hydrazone groups is 1. The van der Waals surface area contributed by atoms with E-state index in [1.54, 1.807) is 31.2 Å². The number of halogens is 1. The van der Waals surface area contributed by atoms with Gasteiger partial charge in [0.25, 0.3) is 5.91 Å². The molecule has 0 atom stereocenters. The third-order valence-electron chi connectivity index (χ3n) is 4.10. The molecule has 0 spiro atoms. The molecule has 5 nitrogen and oxygen atoms in total. The number of hydrogen-bond acceptors (Lipinski definition) is 3. The minimum Gasteiger partial charge on any atom is -0.329 e. The van der Waals surface area contributed by atoms with Gasteiger partial charge in [-0.2, -0.15) is 5.10 Å². The number of fused-ring (bicyclic) bond motifs is 1. The first-order valence-electron chi connectivity index (χ1n) is 8.07. The van der Waals surface area contributed by atoms with E-state index in [1.807, 2.05) is 13.0 Å². The van der Waals surface area contributed by atoms with Gasteiger partial charge in [-0.1, -0.05) is 12.1 Å². The smallest absolute Gasteiger partial charge is 0.271 e. The van der Waals surface area contributed by atoms with Crippen molar-refractivity contribution in [2.24, 2.45) is 5.10 Å². The van der Waals surface area contributed by atoms with Crippen molar-refractivity contribution in [3.8, 4) is 0 Å². The van der Waals surface area contributed by atoms with Crippen LogP contribution in [0.1, 0.15) is 35.6 Å². The number of benzene rings is 2. The van der Waals surface area contributed by atoms with Gasteiger partial charge in [-0.25, -0.2) is 14.8 Å².